The second-order valence-corrected chi connectivity index (χ2v) is 7.11. The molecule has 150 valence electrons. The predicted octanol–water partition coefficient (Wildman–Crippen LogP) is 0.162. The highest BCUT2D eigenvalue weighted by Crippen LogP contribution is 2.21. The van der Waals surface area contributed by atoms with Crippen molar-refractivity contribution >= 4 is 24.5 Å². The minimum Gasteiger partial charge on any atom is -0.469 e. The lowest BCUT2D eigenvalue weighted by Crippen LogP contribution is -2.49. The van der Waals surface area contributed by atoms with Gasteiger partial charge in [0.05, 0.1) is 20.1 Å². The number of hydrogen-bond acceptors (Lipinski definition) is 7. The number of carbonyl (C=O) groups is 2. The Labute approximate surface area is 161 Å². The van der Waals surface area contributed by atoms with Crippen LogP contribution < -0.4 is 5.32 Å². The standard InChI is InChI=1S/C17H30N4O4.ClH/c1-24-16(22)4-7-19-8-10-20(11-9-19)12-15-13-21(17(23)25-15)14-2-5-18-6-3-14;/h14-15,18H,2-13H2,1H3;1H. The quantitative estimate of drug-likeness (QED) is 0.647. The van der Waals surface area contributed by atoms with Crippen LogP contribution in [0.2, 0.25) is 0 Å². The van der Waals surface area contributed by atoms with Crippen molar-refractivity contribution in [1.29, 1.82) is 0 Å². The maximum absolute atomic E-state index is 12.2. The van der Waals surface area contributed by atoms with Crippen molar-refractivity contribution in [3.8, 4) is 0 Å². The molecule has 1 atom stereocenters. The molecule has 3 aliphatic heterocycles. The third kappa shape index (κ3) is 5.70. The summed E-state index contributed by atoms with van der Waals surface area (Å²) in [6, 6.07) is 0.328. The van der Waals surface area contributed by atoms with E-state index in [4.69, 9.17) is 4.74 Å². The summed E-state index contributed by atoms with van der Waals surface area (Å²) in [5, 5.41) is 3.33. The number of nitrogens with one attached hydrogen (secondary N) is 1. The number of rotatable bonds is 6. The Morgan fingerprint density at radius 2 is 1.85 bits per heavy atom. The van der Waals surface area contributed by atoms with Gasteiger partial charge in [0.2, 0.25) is 0 Å². The number of esters is 1. The molecule has 3 aliphatic rings. The van der Waals surface area contributed by atoms with Crippen molar-refractivity contribution in [1.82, 2.24) is 20.0 Å². The molecule has 0 aromatic heterocycles. The molecule has 0 radical (unpaired) electrons. The van der Waals surface area contributed by atoms with Gasteiger partial charge >= 0.3 is 12.1 Å². The highest BCUT2D eigenvalue weighted by Gasteiger charge is 2.37. The first-order chi connectivity index (χ1) is 12.2. The molecule has 26 heavy (non-hydrogen) atoms. The number of piperazine rings is 1. The van der Waals surface area contributed by atoms with E-state index < -0.39 is 0 Å². The monoisotopic (exact) mass is 390 g/mol. The number of methoxy groups -OCH3 is 1. The second-order valence-electron chi connectivity index (χ2n) is 7.11. The van der Waals surface area contributed by atoms with E-state index in [1.54, 1.807) is 0 Å². The summed E-state index contributed by atoms with van der Waals surface area (Å²) >= 11 is 0. The van der Waals surface area contributed by atoms with Crippen molar-refractivity contribution in [2.24, 2.45) is 0 Å². The maximum atomic E-state index is 12.2. The van der Waals surface area contributed by atoms with Gasteiger partial charge in [-0.15, -0.1) is 12.4 Å². The molecule has 0 aromatic rings. The van der Waals surface area contributed by atoms with E-state index in [9.17, 15) is 9.59 Å². The number of halogens is 1. The van der Waals surface area contributed by atoms with Crippen LogP contribution in [0.25, 0.3) is 0 Å². The van der Waals surface area contributed by atoms with Gasteiger partial charge in [-0.3, -0.25) is 9.69 Å². The number of piperidine rings is 1. The van der Waals surface area contributed by atoms with Gasteiger partial charge in [-0.1, -0.05) is 0 Å². The van der Waals surface area contributed by atoms with Crippen LogP contribution in [0.1, 0.15) is 19.3 Å². The van der Waals surface area contributed by atoms with Gasteiger partial charge in [0.1, 0.15) is 6.10 Å². The SMILES string of the molecule is COC(=O)CCN1CCN(CC2CN(C3CCNCC3)C(=O)O2)CC1.Cl. The highest BCUT2D eigenvalue weighted by atomic mass is 35.5. The number of amides is 1. The molecule has 0 aliphatic carbocycles. The van der Waals surface area contributed by atoms with E-state index in [1.165, 1.54) is 7.11 Å². The molecule has 8 nitrogen and oxygen atoms in total. The van der Waals surface area contributed by atoms with Crippen LogP contribution in [0.4, 0.5) is 4.79 Å². The Morgan fingerprint density at radius 1 is 1.19 bits per heavy atom. The van der Waals surface area contributed by atoms with E-state index >= 15 is 0 Å². The third-order valence-corrected chi connectivity index (χ3v) is 5.44. The summed E-state index contributed by atoms with van der Waals surface area (Å²) < 4.78 is 10.3. The maximum Gasteiger partial charge on any atom is 0.410 e. The number of cyclic esters (lactones) is 1. The largest absolute Gasteiger partial charge is 0.469 e. The lowest BCUT2D eigenvalue weighted by atomic mass is 10.1. The van der Waals surface area contributed by atoms with Gasteiger partial charge in [0.25, 0.3) is 0 Å². The van der Waals surface area contributed by atoms with Crippen LogP contribution in [0.5, 0.6) is 0 Å². The number of nitrogens with zero attached hydrogens (tertiary/aromatic N) is 3. The number of carbonyl (C=O) groups excluding carboxylic acids is 2. The van der Waals surface area contributed by atoms with Crippen molar-refractivity contribution in [2.45, 2.75) is 31.4 Å². The van der Waals surface area contributed by atoms with Crippen molar-refractivity contribution in [3.05, 3.63) is 0 Å². The molecule has 3 heterocycles. The summed E-state index contributed by atoms with van der Waals surface area (Å²) in [6.07, 6.45) is 2.31. The first-order valence-corrected chi connectivity index (χ1v) is 9.35. The Morgan fingerprint density at radius 3 is 2.50 bits per heavy atom. The molecule has 1 unspecified atom stereocenters. The molecule has 0 bridgehead atoms. The smallest absolute Gasteiger partial charge is 0.410 e. The van der Waals surface area contributed by atoms with Crippen LogP contribution in [0.3, 0.4) is 0 Å². The second kappa shape index (κ2) is 10.3. The summed E-state index contributed by atoms with van der Waals surface area (Å²) in [6.45, 7) is 8.00. The fourth-order valence-electron chi connectivity index (χ4n) is 3.89. The van der Waals surface area contributed by atoms with Crippen molar-refractivity contribution in [2.75, 3.05) is 66.0 Å². The fraction of sp³-hybridized carbons (Fsp3) is 0.882. The Kier molecular flexibility index (Phi) is 8.40. The first-order valence-electron chi connectivity index (χ1n) is 9.35. The molecule has 0 aromatic carbocycles. The molecule has 3 fully saturated rings. The summed E-state index contributed by atoms with van der Waals surface area (Å²) in [7, 11) is 1.43. The third-order valence-electron chi connectivity index (χ3n) is 5.44. The molecule has 0 saturated carbocycles. The lowest BCUT2D eigenvalue weighted by molar-refractivity contribution is -0.141. The zero-order chi connectivity index (χ0) is 17.6. The average molecular weight is 391 g/mol. The van der Waals surface area contributed by atoms with Crippen LogP contribution in [-0.2, 0) is 14.3 Å². The van der Waals surface area contributed by atoms with E-state index in [0.717, 1.165) is 65.2 Å². The fourth-order valence-corrected chi connectivity index (χ4v) is 3.89. The van der Waals surface area contributed by atoms with E-state index in [0.29, 0.717) is 19.0 Å². The summed E-state index contributed by atoms with van der Waals surface area (Å²) in [4.78, 5) is 30.0. The van der Waals surface area contributed by atoms with Gasteiger partial charge in [0, 0.05) is 45.3 Å². The van der Waals surface area contributed by atoms with Gasteiger partial charge in [0.15, 0.2) is 0 Å². The molecule has 3 saturated heterocycles. The molecular formula is C17H31ClN4O4. The van der Waals surface area contributed by atoms with Crippen LogP contribution in [0.15, 0.2) is 0 Å². The highest BCUT2D eigenvalue weighted by molar-refractivity contribution is 5.85. The minimum absolute atomic E-state index is 0. The topological polar surface area (TPSA) is 74.4 Å². The summed E-state index contributed by atoms with van der Waals surface area (Å²) in [5.41, 5.74) is 0. The van der Waals surface area contributed by atoms with Gasteiger partial charge < -0.3 is 24.6 Å². The average Bonchev–Trinajstić information content (AvgIpc) is 3.01. The first kappa shape index (κ1) is 21.2. The van der Waals surface area contributed by atoms with Gasteiger partial charge in [-0.05, 0) is 25.9 Å². The van der Waals surface area contributed by atoms with E-state index in [-0.39, 0.29) is 30.6 Å². The van der Waals surface area contributed by atoms with Crippen LogP contribution in [0, 0.1) is 0 Å². The number of ether oxygens (including phenoxy) is 2. The zero-order valence-corrected chi connectivity index (χ0v) is 16.3. The Balaban J connectivity index is 0.00000243. The van der Waals surface area contributed by atoms with Crippen LogP contribution >= 0.6 is 12.4 Å². The van der Waals surface area contributed by atoms with E-state index in [2.05, 4.69) is 19.9 Å². The molecule has 9 heteroatoms. The molecule has 1 N–H and O–H groups in total. The summed E-state index contributed by atoms with van der Waals surface area (Å²) in [5.74, 6) is -0.154. The molecule has 0 spiro atoms. The van der Waals surface area contributed by atoms with E-state index in [1.807, 2.05) is 4.90 Å². The Bertz CT molecular complexity index is 468. The van der Waals surface area contributed by atoms with Gasteiger partial charge in [-0.25, -0.2) is 4.79 Å². The Hall–Kier alpha value is -1.09. The molecular weight excluding hydrogens is 360 g/mol. The lowest BCUT2D eigenvalue weighted by Gasteiger charge is -2.35. The van der Waals surface area contributed by atoms with Gasteiger partial charge in [-0.2, -0.15) is 0 Å². The molecule has 3 rings (SSSR count). The predicted molar refractivity (Wildman–Crippen MR) is 99.6 cm³/mol. The van der Waals surface area contributed by atoms with Crippen molar-refractivity contribution in [3.63, 3.8) is 0 Å². The minimum atomic E-state index is -0.154. The normalized spacial score (nSPS) is 25.7. The number of hydrogen-bond donors (Lipinski definition) is 1. The van der Waals surface area contributed by atoms with Crippen LogP contribution in [-0.4, -0.2) is 105 Å². The van der Waals surface area contributed by atoms with Crippen molar-refractivity contribution < 1.29 is 19.1 Å². The molecule has 1 amide bonds. The zero-order valence-electron chi connectivity index (χ0n) is 15.5.